The van der Waals surface area contributed by atoms with Crippen molar-refractivity contribution in [2.24, 2.45) is 0 Å². The van der Waals surface area contributed by atoms with Crippen molar-refractivity contribution in [3.05, 3.63) is 62.5 Å². The molecule has 0 atom stereocenters. The van der Waals surface area contributed by atoms with E-state index in [0.717, 1.165) is 37.2 Å². The third-order valence-corrected chi connectivity index (χ3v) is 1.91. The zero-order chi connectivity index (χ0) is 18.2. The summed E-state index contributed by atoms with van der Waals surface area (Å²) in [5.74, 6) is -2.84. The molecule has 128 valence electrons. The van der Waals surface area contributed by atoms with Gasteiger partial charge in [0.2, 0.25) is 0 Å². The quantitative estimate of drug-likeness (QED) is 0.257. The topological polar surface area (TPSA) is 105 Å². The average molecular weight is 336 g/mol. The van der Waals surface area contributed by atoms with Crippen molar-refractivity contribution in [2.45, 2.75) is 12.8 Å². The number of carbonyl (C=O) groups is 4. The van der Waals surface area contributed by atoms with E-state index >= 15 is 0 Å². The van der Waals surface area contributed by atoms with Crippen LogP contribution in [-0.4, -0.2) is 23.9 Å². The Bertz CT molecular complexity index is 519. The predicted octanol–water partition coefficient (Wildman–Crippen LogP) is 1.81. The van der Waals surface area contributed by atoms with Crippen LogP contribution in [0.4, 0.5) is 0 Å². The maximum absolute atomic E-state index is 11.2. The molecule has 0 spiro atoms. The van der Waals surface area contributed by atoms with E-state index in [1.54, 1.807) is 0 Å². The molecule has 0 fully saturated rings. The summed E-state index contributed by atoms with van der Waals surface area (Å²) in [4.78, 5) is 44.3. The van der Waals surface area contributed by atoms with Crippen molar-refractivity contribution in [2.75, 3.05) is 0 Å². The summed E-state index contributed by atoms with van der Waals surface area (Å²) >= 11 is 0. The molecule has 24 heavy (non-hydrogen) atoms. The van der Waals surface area contributed by atoms with Crippen LogP contribution in [0, 0.1) is 0 Å². The predicted molar refractivity (Wildman–Crippen MR) is 81.4 cm³/mol. The van der Waals surface area contributed by atoms with Gasteiger partial charge in [-0.2, -0.15) is 0 Å². The molecule has 8 nitrogen and oxygen atoms in total. The smallest absolute Gasteiger partial charge is 0.335 e. The van der Waals surface area contributed by atoms with Crippen LogP contribution in [0.1, 0.15) is 12.8 Å². The molecule has 0 rings (SSSR count). The van der Waals surface area contributed by atoms with Crippen molar-refractivity contribution >= 4 is 23.9 Å². The van der Waals surface area contributed by atoms with E-state index in [9.17, 15) is 19.2 Å². The van der Waals surface area contributed by atoms with Crippen molar-refractivity contribution < 1.29 is 38.1 Å². The van der Waals surface area contributed by atoms with Crippen LogP contribution < -0.4 is 0 Å². The number of hydrogen-bond acceptors (Lipinski definition) is 8. The first-order chi connectivity index (χ1) is 11.5. The van der Waals surface area contributed by atoms with Crippen molar-refractivity contribution in [3.63, 3.8) is 0 Å². The van der Waals surface area contributed by atoms with Gasteiger partial charge in [-0.05, 0) is 12.2 Å². The minimum absolute atomic E-state index is 0.107. The summed E-state index contributed by atoms with van der Waals surface area (Å²) in [7, 11) is 0. The molecule has 0 N–H and O–H groups in total. The van der Waals surface area contributed by atoms with Crippen LogP contribution in [0.2, 0.25) is 0 Å². The summed E-state index contributed by atoms with van der Waals surface area (Å²) in [5.41, 5.74) is 0. The van der Waals surface area contributed by atoms with Crippen molar-refractivity contribution in [1.82, 2.24) is 0 Å². The van der Waals surface area contributed by atoms with Crippen LogP contribution in [0.15, 0.2) is 62.5 Å². The molecule has 0 aliphatic rings. The van der Waals surface area contributed by atoms with E-state index in [-0.39, 0.29) is 12.8 Å². The van der Waals surface area contributed by atoms with Gasteiger partial charge in [-0.25, -0.2) is 9.59 Å². The second-order valence-corrected chi connectivity index (χ2v) is 3.67. The monoisotopic (exact) mass is 336 g/mol. The maximum atomic E-state index is 11.2. The van der Waals surface area contributed by atoms with Gasteiger partial charge in [-0.3, -0.25) is 9.59 Å². The number of rotatable bonds is 10. The molecular weight excluding hydrogens is 320 g/mol. The molecule has 8 heteroatoms. The average Bonchev–Trinajstić information content (AvgIpc) is 2.54. The first kappa shape index (κ1) is 20.6. The summed E-state index contributed by atoms with van der Waals surface area (Å²) in [6.45, 7) is 6.41. The highest BCUT2D eigenvalue weighted by Gasteiger charge is 2.00. The molecule has 0 saturated carbocycles. The minimum Gasteiger partial charge on any atom is -0.435 e. The summed E-state index contributed by atoms with van der Waals surface area (Å²) in [6.07, 6.45) is 7.86. The summed E-state index contributed by atoms with van der Waals surface area (Å²) in [5, 5.41) is 0. The Kier molecular flexibility index (Phi) is 11.4. The molecule has 0 saturated heterocycles. The van der Waals surface area contributed by atoms with E-state index in [1.165, 1.54) is 12.2 Å². The van der Waals surface area contributed by atoms with E-state index in [0.29, 0.717) is 0 Å². The molecule has 0 aromatic rings. The number of esters is 4. The Morgan fingerprint density at radius 3 is 1.38 bits per heavy atom. The highest BCUT2D eigenvalue weighted by molar-refractivity contribution is 5.92. The van der Waals surface area contributed by atoms with Gasteiger partial charge in [-0.1, -0.05) is 13.2 Å². The number of ether oxygens (including phenoxy) is 4. The maximum Gasteiger partial charge on any atom is 0.335 e. The largest absolute Gasteiger partial charge is 0.435 e. The Balaban J connectivity index is 4.01. The molecule has 0 unspecified atom stereocenters. The fourth-order valence-corrected chi connectivity index (χ4v) is 1.02. The molecule has 0 bridgehead atoms. The van der Waals surface area contributed by atoms with Crippen LogP contribution in [0.3, 0.4) is 0 Å². The minimum atomic E-state index is -0.848. The van der Waals surface area contributed by atoms with Gasteiger partial charge in [-0.15, -0.1) is 0 Å². The van der Waals surface area contributed by atoms with E-state index in [2.05, 4.69) is 32.1 Å². The first-order valence-corrected chi connectivity index (χ1v) is 6.49. The highest BCUT2D eigenvalue weighted by atomic mass is 16.5. The molecule has 0 aromatic heterocycles. The van der Waals surface area contributed by atoms with Gasteiger partial charge in [0.25, 0.3) is 0 Å². The van der Waals surface area contributed by atoms with Gasteiger partial charge in [0.05, 0.1) is 37.9 Å². The van der Waals surface area contributed by atoms with Crippen LogP contribution in [-0.2, 0) is 38.1 Å². The molecule has 0 aromatic carbocycles. The second kappa shape index (κ2) is 13.3. The van der Waals surface area contributed by atoms with E-state index < -0.39 is 23.9 Å². The molecule has 0 aliphatic carbocycles. The highest BCUT2D eigenvalue weighted by Crippen LogP contribution is 1.93. The lowest BCUT2D eigenvalue weighted by atomic mass is 10.4. The van der Waals surface area contributed by atoms with Gasteiger partial charge < -0.3 is 18.9 Å². The lowest BCUT2D eigenvalue weighted by Crippen LogP contribution is -2.00. The zero-order valence-electron chi connectivity index (χ0n) is 12.7. The fraction of sp³-hybridized carbons (Fsp3) is 0.125. The third kappa shape index (κ3) is 12.3. The van der Waals surface area contributed by atoms with E-state index in [1.807, 2.05) is 0 Å². The SMILES string of the molecule is C=COC(=O)CC=COC(=O)/C=C\C(=O)OC=CCC(=O)OC=C. The zero-order valence-corrected chi connectivity index (χ0v) is 12.7. The molecule has 0 heterocycles. The number of hydrogen-bond donors (Lipinski definition) is 0. The Morgan fingerprint density at radius 2 is 1.04 bits per heavy atom. The molecule has 0 amide bonds. The molecule has 0 aliphatic heterocycles. The molecule has 0 radical (unpaired) electrons. The second-order valence-electron chi connectivity index (χ2n) is 3.67. The van der Waals surface area contributed by atoms with Crippen LogP contribution in [0.5, 0.6) is 0 Å². The van der Waals surface area contributed by atoms with Gasteiger partial charge in [0.1, 0.15) is 0 Å². The van der Waals surface area contributed by atoms with Gasteiger partial charge in [0, 0.05) is 12.2 Å². The Hall–Kier alpha value is -3.42. The Labute approximate surface area is 138 Å². The van der Waals surface area contributed by atoms with Crippen LogP contribution in [0.25, 0.3) is 0 Å². The van der Waals surface area contributed by atoms with Crippen LogP contribution >= 0.6 is 0 Å². The first-order valence-electron chi connectivity index (χ1n) is 6.49. The lowest BCUT2D eigenvalue weighted by Gasteiger charge is -1.95. The van der Waals surface area contributed by atoms with Crippen molar-refractivity contribution in [3.8, 4) is 0 Å². The fourth-order valence-electron chi connectivity index (χ4n) is 1.02. The third-order valence-electron chi connectivity index (χ3n) is 1.91. The van der Waals surface area contributed by atoms with Crippen molar-refractivity contribution in [1.29, 1.82) is 0 Å². The Morgan fingerprint density at radius 1 is 0.667 bits per heavy atom. The molecular formula is C16H16O8. The standard InChI is InChI=1S/C16H16O8/c1-3-21-13(17)7-5-11-23-15(19)9-10-16(20)24-12-6-8-14(18)22-4-2/h3-6,9-12H,1-2,7-8H2/b10-9-,11-5?,12-6?. The normalized spacial score (nSPS) is 10.5. The lowest BCUT2D eigenvalue weighted by molar-refractivity contribution is -0.138. The summed E-state index contributed by atoms with van der Waals surface area (Å²) < 4.78 is 18.0. The number of carbonyl (C=O) groups excluding carboxylic acids is 4. The van der Waals surface area contributed by atoms with E-state index in [4.69, 9.17) is 0 Å². The van der Waals surface area contributed by atoms with Gasteiger partial charge >= 0.3 is 23.9 Å². The van der Waals surface area contributed by atoms with Gasteiger partial charge in [0.15, 0.2) is 0 Å². The summed E-state index contributed by atoms with van der Waals surface area (Å²) in [6, 6.07) is 0.